The Morgan fingerprint density at radius 3 is 2.81 bits per heavy atom. The first-order chi connectivity index (χ1) is 7.61. The molecule has 1 aromatic carbocycles. The first kappa shape index (κ1) is 12.1. The van der Waals surface area contributed by atoms with E-state index in [1.165, 1.54) is 0 Å². The van der Waals surface area contributed by atoms with Gasteiger partial charge in [0, 0.05) is 17.8 Å². The summed E-state index contributed by atoms with van der Waals surface area (Å²) in [7, 11) is 0. The van der Waals surface area contributed by atoms with Crippen LogP contribution in [0.1, 0.15) is 22.8 Å². The Labute approximate surface area is 96.2 Å². The molecule has 0 bridgehead atoms. The minimum absolute atomic E-state index is 0.0646. The van der Waals surface area contributed by atoms with Crippen molar-refractivity contribution >= 4 is 11.6 Å². The summed E-state index contributed by atoms with van der Waals surface area (Å²) >= 11 is 0. The second-order valence-corrected chi connectivity index (χ2v) is 3.54. The molecule has 84 valence electrons. The molecule has 3 nitrogen and oxygen atoms in total. The van der Waals surface area contributed by atoms with Gasteiger partial charge in [-0.2, -0.15) is 0 Å². The number of nitrogen functional groups attached to an aromatic ring is 1. The van der Waals surface area contributed by atoms with Crippen LogP contribution in [0.25, 0.3) is 0 Å². The van der Waals surface area contributed by atoms with Crippen LogP contribution in [0.15, 0.2) is 18.2 Å². The number of hydrogen-bond acceptors (Lipinski definition) is 2. The molecule has 0 aliphatic carbocycles. The van der Waals surface area contributed by atoms with Crippen LogP contribution in [-0.4, -0.2) is 23.9 Å². The number of carbonyl (C=O) groups is 1. The van der Waals surface area contributed by atoms with Crippen molar-refractivity contribution in [2.45, 2.75) is 13.8 Å². The first-order valence-corrected chi connectivity index (χ1v) is 5.19. The second kappa shape index (κ2) is 5.22. The lowest BCUT2D eigenvalue weighted by atomic mass is 10.1. The van der Waals surface area contributed by atoms with Gasteiger partial charge in [-0.15, -0.1) is 6.42 Å². The van der Waals surface area contributed by atoms with E-state index in [0.29, 0.717) is 24.3 Å². The van der Waals surface area contributed by atoms with Crippen LogP contribution in [0, 0.1) is 19.3 Å². The standard InChI is InChI=1S/C13H16N2O/c1-4-9-15(5-2)13(16)11-7-6-8-12(14)10(11)3/h1,6-8H,5,9,14H2,2-3H3. The van der Waals surface area contributed by atoms with Crippen molar-refractivity contribution in [1.29, 1.82) is 0 Å². The molecule has 1 amide bonds. The van der Waals surface area contributed by atoms with Gasteiger partial charge in [-0.05, 0) is 31.5 Å². The highest BCUT2D eigenvalue weighted by molar-refractivity contribution is 5.97. The van der Waals surface area contributed by atoms with E-state index in [-0.39, 0.29) is 5.91 Å². The number of terminal acetylenes is 1. The topological polar surface area (TPSA) is 46.3 Å². The second-order valence-electron chi connectivity index (χ2n) is 3.54. The molecule has 0 fully saturated rings. The number of rotatable bonds is 3. The molecule has 1 rings (SSSR count). The maximum absolute atomic E-state index is 12.1. The van der Waals surface area contributed by atoms with Gasteiger partial charge in [0.1, 0.15) is 0 Å². The van der Waals surface area contributed by atoms with E-state index in [1.54, 1.807) is 23.1 Å². The average molecular weight is 216 g/mol. The molecule has 0 unspecified atom stereocenters. The maximum Gasteiger partial charge on any atom is 0.254 e. The van der Waals surface area contributed by atoms with E-state index in [1.807, 2.05) is 13.8 Å². The maximum atomic E-state index is 12.1. The zero-order chi connectivity index (χ0) is 12.1. The third-order valence-electron chi connectivity index (χ3n) is 2.56. The highest BCUT2D eigenvalue weighted by Crippen LogP contribution is 2.17. The van der Waals surface area contributed by atoms with Crippen molar-refractivity contribution in [2.75, 3.05) is 18.8 Å². The van der Waals surface area contributed by atoms with Crippen molar-refractivity contribution in [3.63, 3.8) is 0 Å². The summed E-state index contributed by atoms with van der Waals surface area (Å²) in [5, 5.41) is 0. The van der Waals surface area contributed by atoms with Crippen molar-refractivity contribution in [1.82, 2.24) is 4.90 Å². The fourth-order valence-corrected chi connectivity index (χ4v) is 1.49. The number of carbonyl (C=O) groups excluding carboxylic acids is 1. The molecule has 0 spiro atoms. The van der Waals surface area contributed by atoms with Crippen LogP contribution in [0.4, 0.5) is 5.69 Å². The molecule has 0 saturated carbocycles. The predicted molar refractivity (Wildman–Crippen MR) is 66.0 cm³/mol. The highest BCUT2D eigenvalue weighted by atomic mass is 16.2. The molecule has 0 heterocycles. The van der Waals surface area contributed by atoms with E-state index in [9.17, 15) is 4.79 Å². The van der Waals surface area contributed by atoms with Gasteiger partial charge >= 0.3 is 0 Å². The summed E-state index contributed by atoms with van der Waals surface area (Å²) in [5.41, 5.74) is 7.82. The van der Waals surface area contributed by atoms with Gasteiger partial charge in [-0.25, -0.2) is 0 Å². The molecule has 3 heteroatoms. The van der Waals surface area contributed by atoms with Gasteiger partial charge < -0.3 is 10.6 Å². The Kier molecular flexibility index (Phi) is 3.96. The van der Waals surface area contributed by atoms with Crippen molar-refractivity contribution in [3.8, 4) is 12.3 Å². The van der Waals surface area contributed by atoms with Crippen LogP contribution >= 0.6 is 0 Å². The van der Waals surface area contributed by atoms with E-state index in [0.717, 1.165) is 5.56 Å². The SMILES string of the molecule is C#CCN(CC)C(=O)c1cccc(N)c1C. The van der Waals surface area contributed by atoms with Crippen molar-refractivity contribution < 1.29 is 4.79 Å². The summed E-state index contributed by atoms with van der Waals surface area (Å²) in [4.78, 5) is 13.7. The van der Waals surface area contributed by atoms with Gasteiger partial charge in [0.05, 0.1) is 6.54 Å². The molecule has 0 aliphatic heterocycles. The Morgan fingerprint density at radius 2 is 2.25 bits per heavy atom. The third-order valence-corrected chi connectivity index (χ3v) is 2.56. The van der Waals surface area contributed by atoms with Crippen molar-refractivity contribution in [3.05, 3.63) is 29.3 Å². The number of benzene rings is 1. The largest absolute Gasteiger partial charge is 0.398 e. The molecule has 2 N–H and O–H groups in total. The Hall–Kier alpha value is -1.95. The zero-order valence-electron chi connectivity index (χ0n) is 9.66. The first-order valence-electron chi connectivity index (χ1n) is 5.19. The van der Waals surface area contributed by atoms with Crippen molar-refractivity contribution in [2.24, 2.45) is 0 Å². The van der Waals surface area contributed by atoms with Gasteiger partial charge in [-0.1, -0.05) is 12.0 Å². The molecule has 1 aromatic rings. The number of hydrogen-bond donors (Lipinski definition) is 1. The third kappa shape index (κ3) is 2.34. The summed E-state index contributed by atoms with van der Waals surface area (Å²) < 4.78 is 0. The normalized spacial score (nSPS) is 9.56. The van der Waals surface area contributed by atoms with Crippen LogP contribution in [0.5, 0.6) is 0 Å². The van der Waals surface area contributed by atoms with Gasteiger partial charge in [0.15, 0.2) is 0 Å². The van der Waals surface area contributed by atoms with E-state index < -0.39 is 0 Å². The quantitative estimate of drug-likeness (QED) is 0.617. The summed E-state index contributed by atoms with van der Waals surface area (Å²) in [6, 6.07) is 5.33. The summed E-state index contributed by atoms with van der Waals surface area (Å²) in [5.74, 6) is 2.41. The number of nitrogens with two attached hydrogens (primary N) is 1. The molecular weight excluding hydrogens is 200 g/mol. The molecule has 0 aromatic heterocycles. The Balaban J connectivity index is 3.05. The summed E-state index contributed by atoms with van der Waals surface area (Å²) in [6.45, 7) is 4.66. The van der Waals surface area contributed by atoms with Crippen LogP contribution in [0.2, 0.25) is 0 Å². The van der Waals surface area contributed by atoms with Gasteiger partial charge in [-0.3, -0.25) is 4.79 Å². The molecule has 0 aliphatic rings. The van der Waals surface area contributed by atoms with Crippen LogP contribution in [-0.2, 0) is 0 Å². The average Bonchev–Trinajstić information content (AvgIpc) is 2.29. The molecule has 16 heavy (non-hydrogen) atoms. The lowest BCUT2D eigenvalue weighted by Gasteiger charge is -2.19. The lowest BCUT2D eigenvalue weighted by molar-refractivity contribution is 0.0784. The minimum atomic E-state index is -0.0646. The van der Waals surface area contributed by atoms with E-state index >= 15 is 0 Å². The fourth-order valence-electron chi connectivity index (χ4n) is 1.49. The molecular formula is C13H16N2O. The van der Waals surface area contributed by atoms with Crippen LogP contribution < -0.4 is 5.73 Å². The monoisotopic (exact) mass is 216 g/mol. The molecule has 0 radical (unpaired) electrons. The minimum Gasteiger partial charge on any atom is -0.398 e. The van der Waals surface area contributed by atoms with Gasteiger partial charge in [0.2, 0.25) is 0 Å². The smallest absolute Gasteiger partial charge is 0.254 e. The Morgan fingerprint density at radius 1 is 1.56 bits per heavy atom. The predicted octanol–water partition coefficient (Wildman–Crippen LogP) is 1.67. The van der Waals surface area contributed by atoms with E-state index in [2.05, 4.69) is 5.92 Å². The number of amides is 1. The number of nitrogens with zero attached hydrogens (tertiary/aromatic N) is 1. The van der Waals surface area contributed by atoms with E-state index in [4.69, 9.17) is 12.2 Å². The molecule has 0 atom stereocenters. The highest BCUT2D eigenvalue weighted by Gasteiger charge is 2.15. The zero-order valence-corrected chi connectivity index (χ0v) is 9.66. The number of anilines is 1. The van der Waals surface area contributed by atoms with Crippen LogP contribution in [0.3, 0.4) is 0 Å². The van der Waals surface area contributed by atoms with Gasteiger partial charge in [0.25, 0.3) is 5.91 Å². The Bertz CT molecular complexity index is 432. The summed E-state index contributed by atoms with van der Waals surface area (Å²) in [6.07, 6.45) is 5.22. The molecule has 0 saturated heterocycles. The fraction of sp³-hybridized carbons (Fsp3) is 0.308. The lowest BCUT2D eigenvalue weighted by Crippen LogP contribution is -2.31.